The zero-order chi connectivity index (χ0) is 20.4. The van der Waals surface area contributed by atoms with Crippen LogP contribution >= 0.6 is 15.9 Å². The fourth-order valence-corrected chi connectivity index (χ4v) is 3.20. The Morgan fingerprint density at radius 2 is 1.93 bits per heavy atom. The molecule has 0 unspecified atom stereocenters. The van der Waals surface area contributed by atoms with Crippen molar-refractivity contribution in [2.24, 2.45) is 0 Å². The van der Waals surface area contributed by atoms with E-state index in [1.165, 1.54) is 4.57 Å². The van der Waals surface area contributed by atoms with E-state index in [0.717, 1.165) is 4.47 Å². The Balaban J connectivity index is 2.23. The van der Waals surface area contributed by atoms with Gasteiger partial charge in [0.1, 0.15) is 0 Å². The van der Waals surface area contributed by atoms with Crippen LogP contribution in [0.5, 0.6) is 0 Å². The first-order valence-corrected chi connectivity index (χ1v) is 9.85. The second-order valence-corrected chi connectivity index (χ2v) is 7.74. The average molecular weight is 445 g/mol. The molecule has 8 heteroatoms. The quantitative estimate of drug-likeness (QED) is 0.627. The van der Waals surface area contributed by atoms with Crippen LogP contribution in [0.3, 0.4) is 0 Å². The molecule has 0 radical (unpaired) electrons. The van der Waals surface area contributed by atoms with E-state index in [9.17, 15) is 14.4 Å². The van der Waals surface area contributed by atoms with Crippen molar-refractivity contribution in [2.45, 2.75) is 39.7 Å². The SMILES string of the molecule is CCCn1c(=O)[nH]c(=O)c2c(C(=O)Nc3ccc(Br)cc3)cc(C(C)C)nc21. The Bertz CT molecular complexity index is 1150. The zero-order valence-corrected chi connectivity index (χ0v) is 17.5. The predicted octanol–water partition coefficient (Wildman–Crippen LogP) is 3.63. The van der Waals surface area contributed by atoms with Crippen LogP contribution in [0.1, 0.15) is 49.2 Å². The van der Waals surface area contributed by atoms with Gasteiger partial charge in [0.15, 0.2) is 5.65 Å². The van der Waals surface area contributed by atoms with Crippen LogP contribution in [0.2, 0.25) is 0 Å². The molecule has 0 saturated carbocycles. The number of nitrogens with one attached hydrogen (secondary N) is 2. The number of nitrogens with zero attached hydrogens (tertiary/aromatic N) is 2. The van der Waals surface area contributed by atoms with E-state index >= 15 is 0 Å². The van der Waals surface area contributed by atoms with Gasteiger partial charge >= 0.3 is 5.69 Å². The summed E-state index contributed by atoms with van der Waals surface area (Å²) < 4.78 is 2.31. The third-order valence-corrected chi connectivity index (χ3v) is 4.88. The van der Waals surface area contributed by atoms with E-state index in [1.807, 2.05) is 32.9 Å². The fraction of sp³-hybridized carbons (Fsp3) is 0.300. The minimum absolute atomic E-state index is 0.0214. The van der Waals surface area contributed by atoms with Crippen LogP contribution in [-0.2, 0) is 6.54 Å². The van der Waals surface area contributed by atoms with Gasteiger partial charge in [-0.05, 0) is 42.7 Å². The highest BCUT2D eigenvalue weighted by Crippen LogP contribution is 2.21. The van der Waals surface area contributed by atoms with Crippen molar-refractivity contribution < 1.29 is 4.79 Å². The van der Waals surface area contributed by atoms with E-state index in [4.69, 9.17) is 0 Å². The average Bonchev–Trinajstić information content (AvgIpc) is 2.65. The number of aromatic nitrogens is 3. The molecule has 2 N–H and O–H groups in total. The Hall–Kier alpha value is -2.74. The van der Waals surface area contributed by atoms with Crippen LogP contribution in [-0.4, -0.2) is 20.4 Å². The topological polar surface area (TPSA) is 96.9 Å². The summed E-state index contributed by atoms with van der Waals surface area (Å²) in [7, 11) is 0. The minimum Gasteiger partial charge on any atom is -0.322 e. The normalized spacial score (nSPS) is 11.2. The van der Waals surface area contributed by atoms with Gasteiger partial charge in [-0.15, -0.1) is 0 Å². The van der Waals surface area contributed by atoms with Crippen molar-refractivity contribution in [1.82, 2.24) is 14.5 Å². The standard InChI is InChI=1S/C20H21BrN4O3/c1-4-9-25-17-16(19(27)24-20(25)28)14(10-15(23-17)11(2)3)18(26)22-13-7-5-12(21)6-8-13/h5-8,10-11H,4,9H2,1-3H3,(H,22,26)(H,24,27,28). The van der Waals surface area contributed by atoms with Gasteiger partial charge in [-0.3, -0.25) is 19.1 Å². The number of carbonyl (C=O) groups is 1. The number of anilines is 1. The molecule has 7 nitrogen and oxygen atoms in total. The Morgan fingerprint density at radius 3 is 2.54 bits per heavy atom. The third-order valence-electron chi connectivity index (χ3n) is 4.35. The number of pyridine rings is 1. The highest BCUT2D eigenvalue weighted by Gasteiger charge is 2.20. The van der Waals surface area contributed by atoms with Gasteiger partial charge < -0.3 is 5.32 Å². The van der Waals surface area contributed by atoms with E-state index < -0.39 is 17.2 Å². The molecular formula is C20H21BrN4O3. The highest BCUT2D eigenvalue weighted by molar-refractivity contribution is 9.10. The minimum atomic E-state index is -0.615. The lowest BCUT2D eigenvalue weighted by Gasteiger charge is -2.14. The van der Waals surface area contributed by atoms with E-state index in [1.54, 1.807) is 18.2 Å². The molecule has 3 rings (SSSR count). The first-order valence-electron chi connectivity index (χ1n) is 9.06. The molecule has 0 saturated heterocycles. The molecule has 2 aromatic heterocycles. The number of rotatable bonds is 5. The van der Waals surface area contributed by atoms with Crippen LogP contribution in [0.15, 0.2) is 44.4 Å². The summed E-state index contributed by atoms with van der Waals surface area (Å²) in [6.07, 6.45) is 0.690. The monoisotopic (exact) mass is 444 g/mol. The van der Waals surface area contributed by atoms with Gasteiger partial charge in [0.05, 0.1) is 10.9 Å². The number of carbonyl (C=O) groups excluding carboxylic acids is 1. The smallest absolute Gasteiger partial charge is 0.322 e. The van der Waals surface area contributed by atoms with Crippen molar-refractivity contribution >= 4 is 38.6 Å². The largest absolute Gasteiger partial charge is 0.329 e. The number of hydrogen-bond donors (Lipinski definition) is 2. The Morgan fingerprint density at radius 1 is 1.25 bits per heavy atom. The number of H-pyrrole nitrogens is 1. The molecule has 0 aliphatic heterocycles. The van der Waals surface area contributed by atoms with Crippen molar-refractivity contribution in [2.75, 3.05) is 5.32 Å². The van der Waals surface area contributed by atoms with Gasteiger partial charge in [-0.25, -0.2) is 9.78 Å². The van der Waals surface area contributed by atoms with Crippen molar-refractivity contribution in [3.05, 3.63) is 66.9 Å². The van der Waals surface area contributed by atoms with Crippen molar-refractivity contribution in [3.63, 3.8) is 0 Å². The van der Waals surface area contributed by atoms with Crippen LogP contribution in [0.4, 0.5) is 5.69 Å². The lowest BCUT2D eigenvalue weighted by Crippen LogP contribution is -2.32. The first kappa shape index (κ1) is 20.0. The summed E-state index contributed by atoms with van der Waals surface area (Å²) in [5.74, 6) is -0.406. The summed E-state index contributed by atoms with van der Waals surface area (Å²) in [6.45, 7) is 6.21. The molecule has 0 aliphatic rings. The maximum Gasteiger partial charge on any atom is 0.329 e. The summed E-state index contributed by atoms with van der Waals surface area (Å²) in [5.41, 5.74) is 0.541. The molecule has 0 bridgehead atoms. The van der Waals surface area contributed by atoms with Crippen LogP contribution in [0.25, 0.3) is 11.0 Å². The van der Waals surface area contributed by atoms with E-state index in [0.29, 0.717) is 24.3 Å². The lowest BCUT2D eigenvalue weighted by molar-refractivity contribution is 0.102. The number of halogens is 1. The number of hydrogen-bond acceptors (Lipinski definition) is 4. The van der Waals surface area contributed by atoms with Gasteiger partial charge in [0.2, 0.25) is 0 Å². The van der Waals surface area contributed by atoms with Crippen molar-refractivity contribution in [3.8, 4) is 0 Å². The number of amides is 1. The number of aromatic amines is 1. The Kier molecular flexibility index (Phi) is 5.79. The molecule has 0 spiro atoms. The predicted molar refractivity (Wildman–Crippen MR) is 113 cm³/mol. The third kappa shape index (κ3) is 3.91. The van der Waals surface area contributed by atoms with Gasteiger partial charge in [0, 0.05) is 22.4 Å². The van der Waals surface area contributed by atoms with Gasteiger partial charge in [-0.1, -0.05) is 36.7 Å². The summed E-state index contributed by atoms with van der Waals surface area (Å²) in [4.78, 5) is 44.7. The molecule has 0 atom stereocenters. The van der Waals surface area contributed by atoms with E-state index in [2.05, 4.69) is 31.2 Å². The van der Waals surface area contributed by atoms with Crippen molar-refractivity contribution in [1.29, 1.82) is 0 Å². The molecule has 1 amide bonds. The number of fused-ring (bicyclic) bond motifs is 1. The second-order valence-electron chi connectivity index (χ2n) is 6.82. The maximum absolute atomic E-state index is 13.0. The number of aryl methyl sites for hydroxylation is 1. The highest BCUT2D eigenvalue weighted by atomic mass is 79.9. The molecule has 0 aliphatic carbocycles. The molecule has 28 heavy (non-hydrogen) atoms. The summed E-state index contributed by atoms with van der Waals surface area (Å²) in [5, 5.41) is 2.93. The molecule has 146 valence electrons. The number of benzene rings is 1. The fourth-order valence-electron chi connectivity index (χ4n) is 2.93. The van der Waals surface area contributed by atoms with Crippen LogP contribution < -0.4 is 16.6 Å². The molecule has 3 aromatic rings. The molecule has 0 fully saturated rings. The zero-order valence-electron chi connectivity index (χ0n) is 15.9. The van der Waals surface area contributed by atoms with Gasteiger partial charge in [-0.2, -0.15) is 0 Å². The second kappa shape index (κ2) is 8.10. The summed E-state index contributed by atoms with van der Waals surface area (Å²) >= 11 is 3.35. The first-order chi connectivity index (χ1) is 13.3. The maximum atomic E-state index is 13.0. The molecule has 2 heterocycles. The molecular weight excluding hydrogens is 424 g/mol. The van der Waals surface area contributed by atoms with Crippen LogP contribution in [0, 0.1) is 0 Å². The van der Waals surface area contributed by atoms with E-state index in [-0.39, 0.29) is 22.5 Å². The van der Waals surface area contributed by atoms with Gasteiger partial charge in [0.25, 0.3) is 11.5 Å². The Labute approximate surface area is 169 Å². The molecule has 1 aromatic carbocycles. The summed E-state index contributed by atoms with van der Waals surface area (Å²) in [6, 6.07) is 8.76. The lowest BCUT2D eigenvalue weighted by atomic mass is 10.0.